The summed E-state index contributed by atoms with van der Waals surface area (Å²) in [5.41, 5.74) is 2.29. The summed E-state index contributed by atoms with van der Waals surface area (Å²) < 4.78 is 5.98. The van der Waals surface area contributed by atoms with E-state index in [1.165, 1.54) is 5.56 Å². The molecule has 0 aliphatic carbocycles. The molecule has 2 saturated heterocycles. The van der Waals surface area contributed by atoms with E-state index in [0.717, 1.165) is 75.6 Å². The first-order valence-electron chi connectivity index (χ1n) is 10.4. The summed E-state index contributed by atoms with van der Waals surface area (Å²) >= 11 is 0. The first kappa shape index (κ1) is 19.2. The van der Waals surface area contributed by atoms with Crippen LogP contribution in [-0.2, 0) is 11.3 Å². The van der Waals surface area contributed by atoms with Crippen LogP contribution in [0.4, 0.5) is 0 Å². The number of aryl methyl sites for hydroxylation is 1. The van der Waals surface area contributed by atoms with Gasteiger partial charge in [-0.25, -0.2) is 4.98 Å². The molecule has 2 N–H and O–H groups in total. The number of nitrogens with zero attached hydrogens (tertiary/aromatic N) is 2. The van der Waals surface area contributed by atoms with Crippen molar-refractivity contribution in [2.75, 3.05) is 26.2 Å². The number of oxazole rings is 1. The molecule has 2 atom stereocenters. The van der Waals surface area contributed by atoms with E-state index >= 15 is 0 Å². The zero-order valence-corrected chi connectivity index (χ0v) is 16.6. The molecule has 0 saturated carbocycles. The van der Waals surface area contributed by atoms with Gasteiger partial charge >= 0.3 is 0 Å². The van der Waals surface area contributed by atoms with E-state index in [2.05, 4.69) is 51.7 Å². The first-order valence-corrected chi connectivity index (χ1v) is 10.4. The SMILES string of the molecule is Cc1ccc(-c2cnc(CN3CCCC(CNC(=O)C4CCCN4)C3)o2)cc1. The second kappa shape index (κ2) is 8.88. The number of hydrogen-bond donors (Lipinski definition) is 2. The van der Waals surface area contributed by atoms with Crippen molar-refractivity contribution in [2.45, 2.75) is 45.2 Å². The van der Waals surface area contributed by atoms with Crippen LogP contribution >= 0.6 is 0 Å². The highest BCUT2D eigenvalue weighted by molar-refractivity contribution is 5.81. The molecular weight excluding hydrogens is 352 g/mol. The number of aromatic nitrogens is 1. The van der Waals surface area contributed by atoms with E-state index in [-0.39, 0.29) is 11.9 Å². The zero-order chi connectivity index (χ0) is 19.3. The molecule has 4 rings (SSSR count). The minimum Gasteiger partial charge on any atom is -0.439 e. The molecule has 150 valence electrons. The minimum absolute atomic E-state index is 0.00667. The summed E-state index contributed by atoms with van der Waals surface area (Å²) in [6, 6.07) is 8.31. The normalized spacial score (nSPS) is 23.0. The van der Waals surface area contributed by atoms with Crippen molar-refractivity contribution in [3.8, 4) is 11.3 Å². The Morgan fingerprint density at radius 3 is 2.93 bits per heavy atom. The second-order valence-electron chi connectivity index (χ2n) is 8.12. The maximum Gasteiger partial charge on any atom is 0.237 e. The smallest absolute Gasteiger partial charge is 0.237 e. The Labute approximate surface area is 166 Å². The van der Waals surface area contributed by atoms with Gasteiger partial charge in [-0.2, -0.15) is 0 Å². The Kier molecular flexibility index (Phi) is 6.07. The van der Waals surface area contributed by atoms with Gasteiger partial charge in [0.1, 0.15) is 0 Å². The van der Waals surface area contributed by atoms with Crippen LogP contribution in [0.2, 0.25) is 0 Å². The van der Waals surface area contributed by atoms with Gasteiger partial charge in [-0.3, -0.25) is 9.69 Å². The van der Waals surface area contributed by atoms with Crippen molar-refractivity contribution in [1.29, 1.82) is 0 Å². The Morgan fingerprint density at radius 2 is 2.14 bits per heavy atom. The van der Waals surface area contributed by atoms with Crippen LogP contribution in [0.3, 0.4) is 0 Å². The Bertz CT molecular complexity index is 780. The number of benzene rings is 1. The molecule has 2 aromatic rings. The molecule has 6 nitrogen and oxygen atoms in total. The molecular formula is C22H30N4O2. The topological polar surface area (TPSA) is 70.4 Å². The van der Waals surface area contributed by atoms with Gasteiger partial charge in [0.15, 0.2) is 5.76 Å². The standard InChI is InChI=1S/C22H30N4O2/c1-16-6-8-18(9-7-16)20-13-24-21(28-20)15-26-11-3-4-17(14-26)12-25-22(27)19-5-2-10-23-19/h6-9,13,17,19,23H,2-5,10-12,14-15H2,1H3,(H,25,27). The summed E-state index contributed by atoms with van der Waals surface area (Å²) in [6.07, 6.45) is 6.17. The van der Waals surface area contributed by atoms with Crippen LogP contribution in [0.5, 0.6) is 0 Å². The van der Waals surface area contributed by atoms with Gasteiger partial charge in [-0.15, -0.1) is 0 Å². The minimum atomic E-state index is 0.00667. The van der Waals surface area contributed by atoms with E-state index < -0.39 is 0 Å². The third-order valence-corrected chi connectivity index (χ3v) is 5.79. The van der Waals surface area contributed by atoms with Crippen molar-refractivity contribution >= 4 is 5.91 Å². The molecule has 6 heteroatoms. The Balaban J connectivity index is 1.28. The number of carbonyl (C=O) groups is 1. The van der Waals surface area contributed by atoms with Gasteiger partial charge < -0.3 is 15.1 Å². The number of nitrogens with one attached hydrogen (secondary N) is 2. The second-order valence-corrected chi connectivity index (χ2v) is 8.12. The predicted molar refractivity (Wildman–Crippen MR) is 109 cm³/mol. The van der Waals surface area contributed by atoms with Crippen molar-refractivity contribution in [3.63, 3.8) is 0 Å². The first-order chi connectivity index (χ1) is 13.7. The fraction of sp³-hybridized carbons (Fsp3) is 0.545. The van der Waals surface area contributed by atoms with Crippen molar-refractivity contribution in [3.05, 3.63) is 41.9 Å². The molecule has 2 fully saturated rings. The summed E-state index contributed by atoms with van der Waals surface area (Å²) in [6.45, 7) is 6.54. The highest BCUT2D eigenvalue weighted by Gasteiger charge is 2.25. The molecule has 3 heterocycles. The number of piperidine rings is 1. The lowest BCUT2D eigenvalue weighted by molar-refractivity contribution is -0.123. The Morgan fingerprint density at radius 1 is 1.29 bits per heavy atom. The van der Waals surface area contributed by atoms with Crippen LogP contribution < -0.4 is 10.6 Å². The number of amides is 1. The van der Waals surface area contributed by atoms with E-state index in [1.54, 1.807) is 0 Å². The number of likely N-dealkylation sites (tertiary alicyclic amines) is 1. The highest BCUT2D eigenvalue weighted by Crippen LogP contribution is 2.23. The predicted octanol–water partition coefficient (Wildman–Crippen LogP) is 2.73. The van der Waals surface area contributed by atoms with Crippen molar-refractivity contribution < 1.29 is 9.21 Å². The number of hydrogen-bond acceptors (Lipinski definition) is 5. The van der Waals surface area contributed by atoms with Crippen LogP contribution in [0.1, 0.15) is 37.1 Å². The molecule has 2 aliphatic rings. The maximum absolute atomic E-state index is 12.2. The summed E-state index contributed by atoms with van der Waals surface area (Å²) in [5, 5.41) is 6.40. The van der Waals surface area contributed by atoms with Gasteiger partial charge in [0.25, 0.3) is 0 Å². The summed E-state index contributed by atoms with van der Waals surface area (Å²) in [7, 11) is 0. The van der Waals surface area contributed by atoms with Gasteiger partial charge in [0, 0.05) is 18.7 Å². The number of carbonyl (C=O) groups excluding carboxylic acids is 1. The fourth-order valence-corrected chi connectivity index (χ4v) is 4.16. The number of rotatable bonds is 6. The molecule has 1 aromatic carbocycles. The summed E-state index contributed by atoms with van der Waals surface area (Å²) in [5.74, 6) is 2.23. The fourth-order valence-electron chi connectivity index (χ4n) is 4.16. The molecule has 1 amide bonds. The van der Waals surface area contributed by atoms with Crippen LogP contribution in [0.15, 0.2) is 34.9 Å². The monoisotopic (exact) mass is 382 g/mol. The van der Waals surface area contributed by atoms with Gasteiger partial charge in [-0.05, 0) is 51.6 Å². The lowest BCUT2D eigenvalue weighted by atomic mass is 9.98. The van der Waals surface area contributed by atoms with Gasteiger partial charge in [0.05, 0.1) is 18.8 Å². The third-order valence-electron chi connectivity index (χ3n) is 5.79. The third kappa shape index (κ3) is 4.80. The van der Waals surface area contributed by atoms with E-state index in [0.29, 0.717) is 5.92 Å². The van der Waals surface area contributed by atoms with Crippen LogP contribution in [0, 0.1) is 12.8 Å². The van der Waals surface area contributed by atoms with Crippen LogP contribution in [-0.4, -0.2) is 48.0 Å². The molecule has 0 bridgehead atoms. The molecule has 2 aliphatic heterocycles. The molecule has 1 aromatic heterocycles. The van der Waals surface area contributed by atoms with E-state index in [9.17, 15) is 4.79 Å². The molecule has 2 unspecified atom stereocenters. The van der Waals surface area contributed by atoms with Crippen molar-refractivity contribution in [1.82, 2.24) is 20.5 Å². The zero-order valence-electron chi connectivity index (χ0n) is 16.6. The van der Waals surface area contributed by atoms with Gasteiger partial charge in [0.2, 0.25) is 11.8 Å². The quantitative estimate of drug-likeness (QED) is 0.804. The van der Waals surface area contributed by atoms with E-state index in [4.69, 9.17) is 4.42 Å². The molecule has 28 heavy (non-hydrogen) atoms. The molecule has 0 spiro atoms. The van der Waals surface area contributed by atoms with E-state index in [1.807, 2.05) is 6.20 Å². The van der Waals surface area contributed by atoms with Crippen LogP contribution in [0.25, 0.3) is 11.3 Å². The highest BCUT2D eigenvalue weighted by atomic mass is 16.4. The maximum atomic E-state index is 12.2. The average molecular weight is 383 g/mol. The lowest BCUT2D eigenvalue weighted by Crippen LogP contribution is -2.45. The average Bonchev–Trinajstić information content (AvgIpc) is 3.39. The van der Waals surface area contributed by atoms with Crippen molar-refractivity contribution in [2.24, 2.45) is 5.92 Å². The Hall–Kier alpha value is -2.18. The van der Waals surface area contributed by atoms with Gasteiger partial charge in [-0.1, -0.05) is 29.8 Å². The molecule has 0 radical (unpaired) electrons. The largest absolute Gasteiger partial charge is 0.439 e. The summed E-state index contributed by atoms with van der Waals surface area (Å²) in [4.78, 5) is 19.1. The lowest BCUT2D eigenvalue weighted by Gasteiger charge is -2.32.